The van der Waals surface area contributed by atoms with Crippen LogP contribution < -0.4 is 5.73 Å². The van der Waals surface area contributed by atoms with Crippen molar-refractivity contribution in [2.45, 2.75) is 12.2 Å². The monoisotopic (exact) mass is 247 g/mol. The van der Waals surface area contributed by atoms with Crippen molar-refractivity contribution in [1.82, 2.24) is 0 Å². The molecule has 17 heavy (non-hydrogen) atoms. The number of carbonyl (C=O) groups is 2. The van der Waals surface area contributed by atoms with Gasteiger partial charge in [-0.05, 0) is 12.1 Å². The second-order valence-electron chi connectivity index (χ2n) is 3.26. The zero-order chi connectivity index (χ0) is 13.2. The number of rotatable bonds is 3. The number of carbonyl (C=O) groups excluding carboxylic acids is 1. The topological polar surface area (TPSA) is 80.4 Å². The predicted molar refractivity (Wildman–Crippen MR) is 51.4 cm³/mol. The normalized spacial score (nSPS) is 13.2. The number of ketones is 1. The highest BCUT2D eigenvalue weighted by molar-refractivity contribution is 6.11. The zero-order valence-corrected chi connectivity index (χ0v) is 8.36. The van der Waals surface area contributed by atoms with Gasteiger partial charge in [0.1, 0.15) is 0 Å². The molecule has 0 fully saturated rings. The number of benzene rings is 1. The van der Waals surface area contributed by atoms with Crippen LogP contribution in [-0.2, 0) is 11.0 Å². The summed E-state index contributed by atoms with van der Waals surface area (Å²) in [6.07, 6.45) is -4.59. The van der Waals surface area contributed by atoms with E-state index >= 15 is 0 Å². The first kappa shape index (κ1) is 13.2. The molecule has 0 amide bonds. The summed E-state index contributed by atoms with van der Waals surface area (Å²) in [5.74, 6) is -2.66. The number of carboxylic acid groups (broad SMARTS) is 1. The second-order valence-corrected chi connectivity index (χ2v) is 3.26. The van der Waals surface area contributed by atoms with Gasteiger partial charge in [-0.25, -0.2) is 0 Å². The Hall–Kier alpha value is -1.89. The minimum Gasteiger partial charge on any atom is -0.480 e. The molecule has 1 unspecified atom stereocenters. The molecule has 0 aliphatic heterocycles. The van der Waals surface area contributed by atoms with Crippen LogP contribution in [0.4, 0.5) is 13.2 Å². The number of carboxylic acids is 1. The van der Waals surface area contributed by atoms with Gasteiger partial charge in [0.05, 0.1) is 5.56 Å². The molecule has 3 N–H and O–H groups in total. The highest BCUT2D eigenvalue weighted by atomic mass is 19.4. The smallest absolute Gasteiger partial charge is 0.416 e. The van der Waals surface area contributed by atoms with Crippen molar-refractivity contribution >= 4 is 11.8 Å². The Balaban J connectivity index is 3.08. The maximum absolute atomic E-state index is 12.3. The van der Waals surface area contributed by atoms with E-state index < -0.39 is 29.5 Å². The molecule has 0 radical (unpaired) electrons. The number of nitrogens with two attached hydrogens (primary N) is 1. The van der Waals surface area contributed by atoms with E-state index in [0.717, 1.165) is 18.2 Å². The average molecular weight is 247 g/mol. The van der Waals surface area contributed by atoms with Crippen LogP contribution in [0.2, 0.25) is 0 Å². The molecule has 1 aromatic carbocycles. The molecule has 7 heteroatoms. The van der Waals surface area contributed by atoms with Crippen molar-refractivity contribution < 1.29 is 27.9 Å². The summed E-state index contributed by atoms with van der Waals surface area (Å²) in [6.45, 7) is 0. The number of alkyl halides is 3. The quantitative estimate of drug-likeness (QED) is 0.623. The van der Waals surface area contributed by atoms with Gasteiger partial charge in [-0.1, -0.05) is 12.1 Å². The molecule has 0 heterocycles. The maximum atomic E-state index is 12.3. The minimum absolute atomic E-state index is 0.380. The first-order chi connectivity index (χ1) is 7.73. The lowest BCUT2D eigenvalue weighted by molar-refractivity contribution is -0.138. The molecule has 92 valence electrons. The summed E-state index contributed by atoms with van der Waals surface area (Å²) in [5, 5.41) is 8.47. The Kier molecular flexibility index (Phi) is 3.52. The lowest BCUT2D eigenvalue weighted by Gasteiger charge is -2.09. The van der Waals surface area contributed by atoms with Gasteiger partial charge in [-0.15, -0.1) is 0 Å². The number of hydrogen-bond acceptors (Lipinski definition) is 3. The Labute approximate surface area is 93.8 Å². The van der Waals surface area contributed by atoms with Crippen molar-refractivity contribution in [1.29, 1.82) is 0 Å². The molecule has 0 aromatic heterocycles. The van der Waals surface area contributed by atoms with E-state index in [1.165, 1.54) is 0 Å². The fourth-order valence-electron chi connectivity index (χ4n) is 1.14. The average Bonchev–Trinajstić information content (AvgIpc) is 2.26. The zero-order valence-electron chi connectivity index (χ0n) is 8.36. The van der Waals surface area contributed by atoms with E-state index in [2.05, 4.69) is 0 Å². The minimum atomic E-state index is -4.59. The Morgan fingerprint density at radius 3 is 2.35 bits per heavy atom. The third-order valence-corrected chi connectivity index (χ3v) is 2.02. The lowest BCUT2D eigenvalue weighted by Crippen LogP contribution is -2.38. The fourth-order valence-corrected chi connectivity index (χ4v) is 1.14. The van der Waals surface area contributed by atoms with Crippen molar-refractivity contribution in [3.05, 3.63) is 35.4 Å². The fraction of sp³-hybridized carbons (Fsp3) is 0.200. The van der Waals surface area contributed by atoms with Crippen molar-refractivity contribution in [3.63, 3.8) is 0 Å². The predicted octanol–water partition coefficient (Wildman–Crippen LogP) is 1.30. The Morgan fingerprint density at radius 2 is 1.88 bits per heavy atom. The van der Waals surface area contributed by atoms with E-state index in [1.54, 1.807) is 0 Å². The summed E-state index contributed by atoms with van der Waals surface area (Å²) in [5.41, 5.74) is 3.61. The summed E-state index contributed by atoms with van der Waals surface area (Å²) in [4.78, 5) is 21.8. The van der Waals surface area contributed by atoms with Crippen molar-refractivity contribution in [2.75, 3.05) is 0 Å². The van der Waals surface area contributed by atoms with Crippen LogP contribution in [0.25, 0.3) is 0 Å². The summed E-state index contributed by atoms with van der Waals surface area (Å²) >= 11 is 0. The highest BCUT2D eigenvalue weighted by Gasteiger charge is 2.32. The molecule has 0 aliphatic rings. The van der Waals surface area contributed by atoms with Crippen LogP contribution in [0.5, 0.6) is 0 Å². The SMILES string of the molecule is NC(C(=O)O)C(=O)c1cccc(C(F)(F)F)c1. The van der Waals surface area contributed by atoms with Crippen molar-refractivity contribution in [3.8, 4) is 0 Å². The van der Waals surface area contributed by atoms with Crippen LogP contribution in [0.3, 0.4) is 0 Å². The summed E-state index contributed by atoms with van der Waals surface area (Å²) in [6, 6.07) is 1.60. The van der Waals surface area contributed by atoms with Gasteiger partial charge in [0.15, 0.2) is 11.8 Å². The number of halogens is 3. The van der Waals surface area contributed by atoms with E-state index in [1.807, 2.05) is 0 Å². The van der Waals surface area contributed by atoms with Gasteiger partial charge in [-0.2, -0.15) is 13.2 Å². The first-order valence-electron chi connectivity index (χ1n) is 4.43. The van der Waals surface area contributed by atoms with Gasteiger partial charge >= 0.3 is 12.1 Å². The standard InChI is InChI=1S/C10H8F3NO3/c11-10(12,13)6-3-1-2-5(4-6)8(15)7(14)9(16)17/h1-4,7H,14H2,(H,16,17). The molecule has 0 aliphatic carbocycles. The summed E-state index contributed by atoms with van der Waals surface area (Å²) in [7, 11) is 0. The molecule has 1 atom stereocenters. The van der Waals surface area contributed by atoms with Crippen LogP contribution in [-0.4, -0.2) is 22.9 Å². The number of Topliss-reactive ketones (excluding diaryl/α,β-unsaturated/α-hetero) is 1. The largest absolute Gasteiger partial charge is 0.480 e. The van der Waals surface area contributed by atoms with E-state index in [4.69, 9.17) is 10.8 Å². The van der Waals surface area contributed by atoms with Gasteiger partial charge < -0.3 is 10.8 Å². The Bertz CT molecular complexity index is 456. The molecule has 0 spiro atoms. The van der Waals surface area contributed by atoms with Crippen LogP contribution in [0.1, 0.15) is 15.9 Å². The number of aliphatic carboxylic acids is 1. The number of hydrogen-bond donors (Lipinski definition) is 2. The third kappa shape index (κ3) is 3.04. The molecule has 4 nitrogen and oxygen atoms in total. The van der Waals surface area contributed by atoms with Gasteiger partial charge in [-0.3, -0.25) is 9.59 Å². The van der Waals surface area contributed by atoms with E-state index in [0.29, 0.717) is 6.07 Å². The molecule has 1 rings (SSSR count). The first-order valence-corrected chi connectivity index (χ1v) is 4.43. The van der Waals surface area contributed by atoms with Crippen LogP contribution >= 0.6 is 0 Å². The highest BCUT2D eigenvalue weighted by Crippen LogP contribution is 2.29. The van der Waals surface area contributed by atoms with E-state index in [9.17, 15) is 22.8 Å². The maximum Gasteiger partial charge on any atom is 0.416 e. The molecule has 0 saturated heterocycles. The molecule has 0 bridgehead atoms. The van der Waals surface area contributed by atoms with Crippen molar-refractivity contribution in [2.24, 2.45) is 5.73 Å². The third-order valence-electron chi connectivity index (χ3n) is 2.02. The van der Waals surface area contributed by atoms with Crippen LogP contribution in [0.15, 0.2) is 24.3 Å². The van der Waals surface area contributed by atoms with Gasteiger partial charge in [0.25, 0.3) is 0 Å². The Morgan fingerprint density at radius 1 is 1.29 bits per heavy atom. The van der Waals surface area contributed by atoms with Gasteiger partial charge in [0, 0.05) is 5.56 Å². The molecule has 0 saturated carbocycles. The molecular formula is C10H8F3NO3. The summed E-state index contributed by atoms with van der Waals surface area (Å²) < 4.78 is 37.0. The van der Waals surface area contributed by atoms with E-state index in [-0.39, 0.29) is 5.56 Å². The molecular weight excluding hydrogens is 239 g/mol. The van der Waals surface area contributed by atoms with Crippen LogP contribution in [0, 0.1) is 0 Å². The van der Waals surface area contributed by atoms with Gasteiger partial charge in [0.2, 0.25) is 0 Å². The molecule has 1 aromatic rings. The second kappa shape index (κ2) is 4.54. The lowest BCUT2D eigenvalue weighted by atomic mass is 10.0.